The molecule has 0 aliphatic heterocycles. The van der Waals surface area contributed by atoms with Crippen molar-refractivity contribution in [3.05, 3.63) is 35.6 Å². The molecule has 1 unspecified atom stereocenters. The molecule has 22 heavy (non-hydrogen) atoms. The van der Waals surface area contributed by atoms with Gasteiger partial charge in [0.05, 0.1) is 6.04 Å². The maximum absolute atomic E-state index is 12.9. The summed E-state index contributed by atoms with van der Waals surface area (Å²) in [7, 11) is 1.73. The van der Waals surface area contributed by atoms with Crippen LogP contribution in [-0.2, 0) is 4.74 Å². The molecular formula is C17H27FN2O2. The van der Waals surface area contributed by atoms with Crippen LogP contribution in [0.3, 0.4) is 0 Å². The summed E-state index contributed by atoms with van der Waals surface area (Å²) < 4.78 is 18.4. The molecule has 0 aliphatic carbocycles. The molecule has 0 aliphatic rings. The number of carbonyl (C=O) groups excluding carboxylic acids is 1. The van der Waals surface area contributed by atoms with Crippen LogP contribution in [0.5, 0.6) is 0 Å². The van der Waals surface area contributed by atoms with Gasteiger partial charge in [0.2, 0.25) is 0 Å². The van der Waals surface area contributed by atoms with Gasteiger partial charge in [0.15, 0.2) is 0 Å². The molecule has 4 nitrogen and oxygen atoms in total. The predicted molar refractivity (Wildman–Crippen MR) is 86.3 cm³/mol. The molecule has 124 valence electrons. The minimum atomic E-state index is -0.274. The minimum absolute atomic E-state index is 0.113. The summed E-state index contributed by atoms with van der Waals surface area (Å²) in [6.45, 7) is 8.10. The van der Waals surface area contributed by atoms with Crippen molar-refractivity contribution in [1.82, 2.24) is 10.2 Å². The molecule has 1 N–H and O–H groups in total. The molecule has 1 aromatic carbocycles. The molecule has 1 aromatic rings. The predicted octanol–water partition coefficient (Wildman–Crippen LogP) is 3.59. The van der Waals surface area contributed by atoms with Crippen LogP contribution in [0.1, 0.15) is 38.8 Å². The minimum Gasteiger partial charge on any atom is -0.381 e. The first-order valence-electron chi connectivity index (χ1n) is 7.75. The summed E-state index contributed by atoms with van der Waals surface area (Å²) in [5.41, 5.74) is 0.902. The monoisotopic (exact) mass is 310 g/mol. The van der Waals surface area contributed by atoms with Gasteiger partial charge >= 0.3 is 6.03 Å². The van der Waals surface area contributed by atoms with Crippen molar-refractivity contribution in [2.45, 2.75) is 33.2 Å². The molecule has 0 bridgehead atoms. The summed E-state index contributed by atoms with van der Waals surface area (Å²) >= 11 is 0. The number of hydrogen-bond donors (Lipinski definition) is 1. The Morgan fingerprint density at radius 3 is 2.50 bits per heavy atom. The van der Waals surface area contributed by atoms with E-state index in [2.05, 4.69) is 19.2 Å². The normalized spacial score (nSPS) is 12.3. The number of benzene rings is 1. The number of nitrogens with one attached hydrogen (secondary N) is 1. The van der Waals surface area contributed by atoms with Crippen LogP contribution in [0.25, 0.3) is 0 Å². The molecule has 2 amide bonds. The fourth-order valence-corrected chi connectivity index (χ4v) is 1.95. The largest absolute Gasteiger partial charge is 0.381 e. The van der Waals surface area contributed by atoms with Crippen LogP contribution in [0.15, 0.2) is 24.3 Å². The van der Waals surface area contributed by atoms with Crippen molar-refractivity contribution in [2.75, 3.05) is 26.8 Å². The molecule has 0 saturated carbocycles. The Morgan fingerprint density at radius 2 is 1.91 bits per heavy atom. The Hall–Kier alpha value is -1.62. The maximum atomic E-state index is 12.9. The Bertz CT molecular complexity index is 448. The van der Waals surface area contributed by atoms with Gasteiger partial charge in [-0.25, -0.2) is 9.18 Å². The number of ether oxygens (including phenoxy) is 1. The van der Waals surface area contributed by atoms with Crippen LogP contribution in [0, 0.1) is 11.7 Å². The molecule has 0 fully saturated rings. The molecule has 0 aromatic heterocycles. The summed E-state index contributed by atoms with van der Waals surface area (Å²) in [5.74, 6) is 0.252. The average molecular weight is 310 g/mol. The van der Waals surface area contributed by atoms with E-state index >= 15 is 0 Å². The van der Waals surface area contributed by atoms with Crippen molar-refractivity contribution < 1.29 is 13.9 Å². The first kappa shape index (κ1) is 18.4. The van der Waals surface area contributed by atoms with Gasteiger partial charge in [-0.1, -0.05) is 26.0 Å². The summed E-state index contributed by atoms with van der Waals surface area (Å²) in [4.78, 5) is 13.7. The number of amides is 2. The number of urea groups is 1. The fourth-order valence-electron chi connectivity index (χ4n) is 1.95. The second-order valence-electron chi connectivity index (χ2n) is 5.89. The van der Waals surface area contributed by atoms with E-state index in [9.17, 15) is 9.18 Å². The summed E-state index contributed by atoms with van der Waals surface area (Å²) in [6, 6.07) is 5.96. The summed E-state index contributed by atoms with van der Waals surface area (Å²) in [6.07, 6.45) is 0.789. The van der Waals surface area contributed by atoms with E-state index in [-0.39, 0.29) is 17.9 Å². The molecule has 1 atom stereocenters. The van der Waals surface area contributed by atoms with Crippen molar-refractivity contribution in [3.8, 4) is 0 Å². The highest BCUT2D eigenvalue weighted by atomic mass is 19.1. The van der Waals surface area contributed by atoms with Crippen LogP contribution < -0.4 is 5.32 Å². The van der Waals surface area contributed by atoms with Gasteiger partial charge in [-0.3, -0.25) is 0 Å². The summed E-state index contributed by atoms with van der Waals surface area (Å²) in [5, 5.41) is 2.87. The fraction of sp³-hybridized carbons (Fsp3) is 0.588. The lowest BCUT2D eigenvalue weighted by molar-refractivity contribution is 0.107. The van der Waals surface area contributed by atoms with Crippen LogP contribution >= 0.6 is 0 Å². The Labute approximate surface area is 132 Å². The Balaban J connectivity index is 2.30. The van der Waals surface area contributed by atoms with Crippen LogP contribution in [-0.4, -0.2) is 37.7 Å². The maximum Gasteiger partial charge on any atom is 0.317 e. The third kappa shape index (κ3) is 6.43. The van der Waals surface area contributed by atoms with E-state index in [1.165, 1.54) is 12.1 Å². The number of nitrogens with zero attached hydrogens (tertiary/aromatic N) is 1. The zero-order chi connectivity index (χ0) is 16.5. The van der Waals surface area contributed by atoms with E-state index in [4.69, 9.17) is 4.74 Å². The van der Waals surface area contributed by atoms with Gasteiger partial charge in [-0.05, 0) is 37.0 Å². The quantitative estimate of drug-likeness (QED) is 0.746. The van der Waals surface area contributed by atoms with Gasteiger partial charge in [0.25, 0.3) is 0 Å². The molecular weight excluding hydrogens is 283 g/mol. The number of carbonyl (C=O) groups is 1. The van der Waals surface area contributed by atoms with E-state index in [1.54, 1.807) is 24.1 Å². The second-order valence-corrected chi connectivity index (χ2v) is 5.89. The van der Waals surface area contributed by atoms with E-state index in [0.717, 1.165) is 18.6 Å². The van der Waals surface area contributed by atoms with Gasteiger partial charge < -0.3 is 15.0 Å². The molecule has 1 rings (SSSR count). The molecule has 0 heterocycles. The van der Waals surface area contributed by atoms with Gasteiger partial charge in [-0.15, -0.1) is 0 Å². The van der Waals surface area contributed by atoms with Crippen molar-refractivity contribution in [1.29, 1.82) is 0 Å². The van der Waals surface area contributed by atoms with Gasteiger partial charge in [-0.2, -0.15) is 0 Å². The molecule has 0 saturated heterocycles. The standard InChI is InChI=1S/C17H27FN2O2/c1-13(2)12-22-11-5-10-19-17(21)20(4)14(3)15-6-8-16(18)9-7-15/h6-9,13-14H,5,10-12H2,1-4H3,(H,19,21). The highest BCUT2D eigenvalue weighted by Crippen LogP contribution is 2.18. The molecule has 0 radical (unpaired) electrons. The SMILES string of the molecule is CC(C)COCCCNC(=O)N(C)C(C)c1ccc(F)cc1. The molecule has 0 spiro atoms. The highest BCUT2D eigenvalue weighted by Gasteiger charge is 2.16. The molecule has 5 heteroatoms. The van der Waals surface area contributed by atoms with Crippen molar-refractivity contribution in [2.24, 2.45) is 5.92 Å². The van der Waals surface area contributed by atoms with E-state index in [0.29, 0.717) is 19.1 Å². The number of hydrogen-bond acceptors (Lipinski definition) is 2. The van der Waals surface area contributed by atoms with Crippen molar-refractivity contribution in [3.63, 3.8) is 0 Å². The van der Waals surface area contributed by atoms with Crippen LogP contribution in [0.2, 0.25) is 0 Å². The Kier molecular flexibility index (Phi) is 7.88. The lowest BCUT2D eigenvalue weighted by Gasteiger charge is -2.25. The number of halogens is 1. The third-order valence-electron chi connectivity index (χ3n) is 3.45. The first-order valence-corrected chi connectivity index (χ1v) is 7.75. The lowest BCUT2D eigenvalue weighted by atomic mass is 10.1. The van der Waals surface area contributed by atoms with E-state index in [1.807, 2.05) is 6.92 Å². The number of rotatable bonds is 8. The zero-order valence-corrected chi connectivity index (χ0v) is 13.9. The Morgan fingerprint density at radius 1 is 1.27 bits per heavy atom. The topological polar surface area (TPSA) is 41.6 Å². The van der Waals surface area contributed by atoms with Crippen molar-refractivity contribution >= 4 is 6.03 Å². The van der Waals surface area contributed by atoms with Gasteiger partial charge in [0, 0.05) is 26.8 Å². The lowest BCUT2D eigenvalue weighted by Crippen LogP contribution is -2.39. The highest BCUT2D eigenvalue weighted by molar-refractivity contribution is 5.74. The van der Waals surface area contributed by atoms with Crippen LogP contribution in [0.4, 0.5) is 9.18 Å². The smallest absolute Gasteiger partial charge is 0.317 e. The van der Waals surface area contributed by atoms with E-state index < -0.39 is 0 Å². The third-order valence-corrected chi connectivity index (χ3v) is 3.45. The van der Waals surface area contributed by atoms with Gasteiger partial charge in [0.1, 0.15) is 5.82 Å². The average Bonchev–Trinajstić information content (AvgIpc) is 2.49. The second kappa shape index (κ2) is 9.41. The zero-order valence-electron chi connectivity index (χ0n) is 13.9. The first-order chi connectivity index (χ1) is 10.4.